The summed E-state index contributed by atoms with van der Waals surface area (Å²) < 4.78 is 0. The molecule has 132 valence electrons. The molecule has 3 heteroatoms. The van der Waals surface area contributed by atoms with Gasteiger partial charge in [-0.1, -0.05) is 84.9 Å². The summed E-state index contributed by atoms with van der Waals surface area (Å²) in [5.41, 5.74) is 13.6. The molecule has 4 aromatic rings. The van der Waals surface area contributed by atoms with E-state index in [2.05, 4.69) is 84.9 Å². The quantitative estimate of drug-likeness (QED) is 0.331. The molecule has 0 unspecified atom stereocenters. The highest BCUT2D eigenvalue weighted by Crippen LogP contribution is 2.12. The fraction of sp³-hybridized carbons (Fsp3) is 0. The molecule has 0 radical (unpaired) electrons. The van der Waals surface area contributed by atoms with Crippen molar-refractivity contribution in [1.82, 2.24) is 0 Å². The minimum Gasteiger partial charge on any atom is -0.399 e. The Morgan fingerprint density at radius 1 is 0.370 bits per heavy atom. The first-order valence-corrected chi connectivity index (χ1v) is 11.0. The Balaban J connectivity index is 2.11. The van der Waals surface area contributed by atoms with Crippen LogP contribution in [0, 0.1) is 0 Å². The van der Waals surface area contributed by atoms with E-state index in [1.807, 2.05) is 24.3 Å². The molecular formula is C24H22N2Si. The number of anilines is 2. The summed E-state index contributed by atoms with van der Waals surface area (Å²) in [6.45, 7) is 0. The summed E-state index contributed by atoms with van der Waals surface area (Å²) in [5.74, 6) is 0. The van der Waals surface area contributed by atoms with Crippen molar-refractivity contribution in [1.29, 1.82) is 0 Å². The van der Waals surface area contributed by atoms with Crippen LogP contribution in [0.15, 0.2) is 109 Å². The summed E-state index contributed by atoms with van der Waals surface area (Å²) in [5, 5.41) is 5.29. The summed E-state index contributed by atoms with van der Waals surface area (Å²) in [4.78, 5) is 0. The molecule has 2 nitrogen and oxygen atoms in total. The van der Waals surface area contributed by atoms with Gasteiger partial charge in [0, 0.05) is 11.4 Å². The molecule has 0 aliphatic rings. The summed E-state index contributed by atoms with van der Waals surface area (Å²) in [6.07, 6.45) is 0. The average molecular weight is 367 g/mol. The van der Waals surface area contributed by atoms with Crippen LogP contribution in [0.25, 0.3) is 0 Å². The minimum atomic E-state index is -2.46. The van der Waals surface area contributed by atoms with Gasteiger partial charge in [-0.25, -0.2) is 0 Å². The van der Waals surface area contributed by atoms with Gasteiger partial charge >= 0.3 is 0 Å². The number of benzene rings is 4. The average Bonchev–Trinajstić information content (AvgIpc) is 2.73. The second-order valence-corrected chi connectivity index (χ2v) is 10.5. The molecule has 4 aromatic carbocycles. The maximum atomic E-state index is 6.00. The van der Waals surface area contributed by atoms with Crippen molar-refractivity contribution < 1.29 is 0 Å². The van der Waals surface area contributed by atoms with Gasteiger partial charge in [0.25, 0.3) is 0 Å². The van der Waals surface area contributed by atoms with Crippen molar-refractivity contribution >= 4 is 40.2 Å². The highest BCUT2D eigenvalue weighted by atomic mass is 28.3. The number of hydrogen-bond acceptors (Lipinski definition) is 2. The van der Waals surface area contributed by atoms with E-state index in [0.717, 1.165) is 11.4 Å². The van der Waals surface area contributed by atoms with Crippen LogP contribution >= 0.6 is 0 Å². The second-order valence-electron chi connectivity index (χ2n) is 6.73. The van der Waals surface area contributed by atoms with Gasteiger partial charge in [-0.3, -0.25) is 0 Å². The van der Waals surface area contributed by atoms with E-state index >= 15 is 0 Å². The SMILES string of the molecule is Nc1ccc([Si](c2ccccc2)(c2ccccc2)c2ccc(N)cc2)cc1. The Labute approximate surface area is 161 Å². The van der Waals surface area contributed by atoms with E-state index in [0.29, 0.717) is 0 Å². The third-order valence-corrected chi connectivity index (χ3v) is 9.90. The lowest BCUT2D eigenvalue weighted by Gasteiger charge is -2.34. The van der Waals surface area contributed by atoms with Crippen LogP contribution in [-0.4, -0.2) is 8.07 Å². The van der Waals surface area contributed by atoms with Crippen LogP contribution < -0.4 is 32.2 Å². The molecule has 0 atom stereocenters. The van der Waals surface area contributed by atoms with E-state index in [1.165, 1.54) is 20.7 Å². The third kappa shape index (κ3) is 3.02. The van der Waals surface area contributed by atoms with E-state index in [4.69, 9.17) is 11.5 Å². The molecule has 0 amide bonds. The molecule has 0 bridgehead atoms. The van der Waals surface area contributed by atoms with Gasteiger partial charge in [-0.15, -0.1) is 0 Å². The summed E-state index contributed by atoms with van der Waals surface area (Å²) >= 11 is 0. The molecule has 4 N–H and O–H groups in total. The lowest BCUT2D eigenvalue weighted by molar-refractivity contribution is 1.65. The van der Waals surface area contributed by atoms with Gasteiger partial charge in [0.05, 0.1) is 0 Å². The topological polar surface area (TPSA) is 52.0 Å². The number of hydrogen-bond donors (Lipinski definition) is 2. The largest absolute Gasteiger partial charge is 0.399 e. The first kappa shape index (κ1) is 17.1. The van der Waals surface area contributed by atoms with E-state index < -0.39 is 8.07 Å². The number of nitrogens with two attached hydrogens (primary N) is 2. The van der Waals surface area contributed by atoms with Crippen molar-refractivity contribution in [2.24, 2.45) is 0 Å². The van der Waals surface area contributed by atoms with E-state index in [9.17, 15) is 0 Å². The van der Waals surface area contributed by atoms with Gasteiger partial charge in [0.15, 0.2) is 8.07 Å². The zero-order valence-electron chi connectivity index (χ0n) is 15.0. The number of nitrogen functional groups attached to an aromatic ring is 2. The first-order valence-electron chi connectivity index (χ1n) is 9.04. The van der Waals surface area contributed by atoms with Gasteiger partial charge in [0.2, 0.25) is 0 Å². The molecule has 0 aromatic heterocycles. The van der Waals surface area contributed by atoms with E-state index in [-0.39, 0.29) is 0 Å². The number of rotatable bonds is 4. The Bertz CT molecular complexity index is 924. The molecule has 0 aliphatic carbocycles. The maximum Gasteiger partial charge on any atom is 0.179 e. The van der Waals surface area contributed by atoms with Gasteiger partial charge < -0.3 is 11.5 Å². The summed E-state index contributed by atoms with van der Waals surface area (Å²) in [6, 6.07) is 38.3. The fourth-order valence-corrected chi connectivity index (χ4v) is 8.56. The third-order valence-electron chi connectivity index (χ3n) is 5.10. The molecule has 0 fully saturated rings. The van der Waals surface area contributed by atoms with Crippen molar-refractivity contribution in [2.45, 2.75) is 0 Å². The maximum absolute atomic E-state index is 6.00. The zero-order chi connectivity index (χ0) is 18.7. The highest BCUT2D eigenvalue weighted by Gasteiger charge is 2.41. The van der Waals surface area contributed by atoms with Crippen molar-refractivity contribution in [2.75, 3.05) is 11.5 Å². The first-order chi connectivity index (χ1) is 13.2. The minimum absolute atomic E-state index is 0.778. The smallest absolute Gasteiger partial charge is 0.179 e. The standard InChI is InChI=1S/C24H22N2Si/c25-19-11-15-23(16-12-19)27(21-7-3-1-4-8-21,22-9-5-2-6-10-22)24-17-13-20(26)14-18-24/h1-18H,25-26H2. The Morgan fingerprint density at radius 3 is 1.00 bits per heavy atom. The van der Waals surface area contributed by atoms with Crippen LogP contribution in [0.3, 0.4) is 0 Å². The molecule has 0 spiro atoms. The summed E-state index contributed by atoms with van der Waals surface area (Å²) in [7, 11) is -2.46. The molecule has 27 heavy (non-hydrogen) atoms. The predicted octanol–water partition coefficient (Wildman–Crippen LogP) is 2.23. The molecule has 0 saturated carbocycles. The van der Waals surface area contributed by atoms with Crippen molar-refractivity contribution in [3.05, 3.63) is 109 Å². The second kappa shape index (κ2) is 7.14. The predicted molar refractivity (Wildman–Crippen MR) is 119 cm³/mol. The van der Waals surface area contributed by atoms with Gasteiger partial charge in [-0.05, 0) is 45.0 Å². The zero-order valence-corrected chi connectivity index (χ0v) is 16.0. The Hall–Kier alpha value is -3.30. The molecule has 4 rings (SSSR count). The molecular weight excluding hydrogens is 344 g/mol. The van der Waals surface area contributed by atoms with Gasteiger partial charge in [0.1, 0.15) is 0 Å². The molecule has 0 saturated heterocycles. The van der Waals surface area contributed by atoms with Crippen LogP contribution in [0.5, 0.6) is 0 Å². The highest BCUT2D eigenvalue weighted by molar-refractivity contribution is 7.19. The lowest BCUT2D eigenvalue weighted by atomic mass is 10.3. The van der Waals surface area contributed by atoms with Crippen LogP contribution in [-0.2, 0) is 0 Å². The van der Waals surface area contributed by atoms with Crippen molar-refractivity contribution in [3.63, 3.8) is 0 Å². The lowest BCUT2D eigenvalue weighted by Crippen LogP contribution is -2.74. The Kier molecular flexibility index (Phi) is 4.53. The Morgan fingerprint density at radius 2 is 0.667 bits per heavy atom. The normalized spacial score (nSPS) is 11.3. The van der Waals surface area contributed by atoms with E-state index in [1.54, 1.807) is 0 Å². The van der Waals surface area contributed by atoms with Gasteiger partial charge in [-0.2, -0.15) is 0 Å². The van der Waals surface area contributed by atoms with Crippen molar-refractivity contribution in [3.8, 4) is 0 Å². The van der Waals surface area contributed by atoms with Crippen LogP contribution in [0.4, 0.5) is 11.4 Å². The monoisotopic (exact) mass is 366 g/mol. The van der Waals surface area contributed by atoms with Crippen LogP contribution in [0.2, 0.25) is 0 Å². The fourth-order valence-electron chi connectivity index (χ4n) is 3.84. The molecule has 0 aliphatic heterocycles. The van der Waals surface area contributed by atoms with Crippen LogP contribution in [0.1, 0.15) is 0 Å². The molecule has 0 heterocycles.